The summed E-state index contributed by atoms with van der Waals surface area (Å²) in [5.41, 5.74) is 2.07. The van der Waals surface area contributed by atoms with Crippen molar-refractivity contribution >= 4 is 41.0 Å². The fraction of sp³-hybridized carbons (Fsp3) is 0.0833. The molecule has 1 aliphatic heterocycles. The molecule has 1 heterocycles. The van der Waals surface area contributed by atoms with Crippen molar-refractivity contribution in [1.29, 1.82) is 0 Å². The van der Waals surface area contributed by atoms with Crippen molar-refractivity contribution in [2.24, 2.45) is 0 Å². The minimum Gasteiger partial charge on any atom is -0.452 e. The number of amides is 3. The molecule has 0 aromatic heterocycles. The number of fused-ring (bicyclic) bond motifs is 1. The van der Waals surface area contributed by atoms with E-state index in [0.29, 0.717) is 21.8 Å². The average molecular weight is 449 g/mol. The fourth-order valence-corrected chi connectivity index (χ4v) is 3.36. The van der Waals surface area contributed by atoms with Crippen LogP contribution in [-0.2, 0) is 16.1 Å². The van der Waals surface area contributed by atoms with Gasteiger partial charge in [0.15, 0.2) is 6.61 Å². The third kappa shape index (κ3) is 4.38. The van der Waals surface area contributed by atoms with Crippen LogP contribution >= 0.6 is 11.6 Å². The Bertz CT molecular complexity index is 1170. The van der Waals surface area contributed by atoms with Crippen LogP contribution in [0.2, 0.25) is 5.02 Å². The summed E-state index contributed by atoms with van der Waals surface area (Å²) in [5, 5.41) is 3.25. The summed E-state index contributed by atoms with van der Waals surface area (Å²) < 4.78 is 5.04. The monoisotopic (exact) mass is 448 g/mol. The van der Waals surface area contributed by atoms with Crippen molar-refractivity contribution in [3.8, 4) is 0 Å². The number of carbonyl (C=O) groups is 4. The van der Waals surface area contributed by atoms with Crippen LogP contribution in [0.5, 0.6) is 0 Å². The zero-order valence-electron chi connectivity index (χ0n) is 16.7. The van der Waals surface area contributed by atoms with Gasteiger partial charge in [0.2, 0.25) is 0 Å². The summed E-state index contributed by atoms with van der Waals surface area (Å²) in [7, 11) is 0. The van der Waals surface area contributed by atoms with Gasteiger partial charge in [-0.2, -0.15) is 0 Å². The summed E-state index contributed by atoms with van der Waals surface area (Å²) in [6.07, 6.45) is 0. The Morgan fingerprint density at radius 2 is 1.44 bits per heavy atom. The van der Waals surface area contributed by atoms with Crippen molar-refractivity contribution < 1.29 is 23.9 Å². The zero-order chi connectivity index (χ0) is 22.7. The van der Waals surface area contributed by atoms with Gasteiger partial charge in [0.25, 0.3) is 17.7 Å². The maximum absolute atomic E-state index is 12.5. The predicted octanol–water partition coefficient (Wildman–Crippen LogP) is 3.61. The van der Waals surface area contributed by atoms with Crippen molar-refractivity contribution in [1.82, 2.24) is 5.32 Å². The first-order chi connectivity index (χ1) is 15.4. The highest BCUT2D eigenvalue weighted by Gasteiger charge is 2.36. The predicted molar refractivity (Wildman–Crippen MR) is 118 cm³/mol. The topological polar surface area (TPSA) is 92.8 Å². The molecule has 0 saturated carbocycles. The quantitative estimate of drug-likeness (QED) is 0.459. The van der Waals surface area contributed by atoms with E-state index in [1.165, 1.54) is 24.3 Å². The number of rotatable bonds is 6. The maximum atomic E-state index is 12.5. The zero-order valence-corrected chi connectivity index (χ0v) is 17.5. The number of benzene rings is 3. The molecular weight excluding hydrogens is 432 g/mol. The molecule has 7 nitrogen and oxygen atoms in total. The summed E-state index contributed by atoms with van der Waals surface area (Å²) in [6, 6.07) is 19.4. The largest absolute Gasteiger partial charge is 0.452 e. The van der Waals surface area contributed by atoms with E-state index in [2.05, 4.69) is 5.32 Å². The van der Waals surface area contributed by atoms with Crippen LogP contribution in [0.4, 0.5) is 5.69 Å². The summed E-state index contributed by atoms with van der Waals surface area (Å²) >= 11 is 5.82. The first-order valence-corrected chi connectivity index (χ1v) is 10.1. The Kier molecular flexibility index (Phi) is 6.00. The van der Waals surface area contributed by atoms with Gasteiger partial charge in [0.05, 0.1) is 22.4 Å². The van der Waals surface area contributed by atoms with Crippen LogP contribution in [0.15, 0.2) is 72.8 Å². The molecule has 8 heteroatoms. The van der Waals surface area contributed by atoms with Gasteiger partial charge in [-0.05, 0) is 54.1 Å². The smallest absolute Gasteiger partial charge is 0.338 e. The summed E-state index contributed by atoms with van der Waals surface area (Å²) in [6.45, 7) is -0.158. The van der Waals surface area contributed by atoms with Gasteiger partial charge in [0, 0.05) is 11.6 Å². The number of hydrogen-bond donors (Lipinski definition) is 1. The van der Waals surface area contributed by atoms with Crippen LogP contribution in [0.3, 0.4) is 0 Å². The van der Waals surface area contributed by atoms with E-state index in [4.69, 9.17) is 16.3 Å². The number of ether oxygens (including phenoxy) is 1. The van der Waals surface area contributed by atoms with E-state index < -0.39 is 30.3 Å². The maximum Gasteiger partial charge on any atom is 0.338 e. The molecular formula is C24H17ClN2O5. The average Bonchev–Trinajstić information content (AvgIpc) is 3.07. The molecule has 160 valence electrons. The first-order valence-electron chi connectivity index (χ1n) is 9.70. The Hall–Kier alpha value is -3.97. The lowest BCUT2D eigenvalue weighted by Crippen LogP contribution is -2.29. The lowest BCUT2D eigenvalue weighted by molar-refractivity contribution is -0.124. The van der Waals surface area contributed by atoms with E-state index in [0.717, 1.165) is 10.5 Å². The standard InChI is InChI=1S/C24H17ClN2O5/c25-17-9-5-15(6-10-17)13-26-21(28)14-32-24(31)16-7-11-18(12-8-16)27-22(29)19-3-1-2-4-20(19)23(27)30/h1-12H,13-14H2,(H,26,28). The molecule has 3 amide bonds. The number of hydrogen-bond acceptors (Lipinski definition) is 5. The van der Waals surface area contributed by atoms with Crippen LogP contribution in [0.1, 0.15) is 36.6 Å². The SMILES string of the molecule is O=C(COC(=O)c1ccc(N2C(=O)c3ccccc3C2=O)cc1)NCc1ccc(Cl)cc1. The molecule has 0 unspecified atom stereocenters. The molecule has 3 aromatic rings. The van der Waals surface area contributed by atoms with Crippen molar-refractivity contribution in [2.45, 2.75) is 6.54 Å². The minimum absolute atomic E-state index is 0.191. The number of nitrogens with one attached hydrogen (secondary N) is 1. The lowest BCUT2D eigenvalue weighted by atomic mass is 10.1. The number of anilines is 1. The molecule has 3 aromatic carbocycles. The van der Waals surface area contributed by atoms with E-state index in [9.17, 15) is 19.2 Å². The van der Waals surface area contributed by atoms with Gasteiger partial charge >= 0.3 is 5.97 Å². The van der Waals surface area contributed by atoms with Gasteiger partial charge < -0.3 is 10.1 Å². The van der Waals surface area contributed by atoms with Crippen molar-refractivity contribution in [3.05, 3.63) is 100 Å². The lowest BCUT2D eigenvalue weighted by Gasteiger charge is -2.14. The van der Waals surface area contributed by atoms with Crippen LogP contribution in [0, 0.1) is 0 Å². The number of imide groups is 1. The highest BCUT2D eigenvalue weighted by molar-refractivity contribution is 6.34. The second-order valence-electron chi connectivity index (χ2n) is 7.02. The van der Waals surface area contributed by atoms with Gasteiger partial charge in [-0.1, -0.05) is 35.9 Å². The number of nitrogens with zero attached hydrogens (tertiary/aromatic N) is 1. The second kappa shape index (κ2) is 9.03. The van der Waals surface area contributed by atoms with E-state index in [-0.39, 0.29) is 12.1 Å². The Balaban J connectivity index is 1.32. The molecule has 1 N–H and O–H groups in total. The number of esters is 1. The molecule has 0 radical (unpaired) electrons. The molecule has 0 fully saturated rings. The van der Waals surface area contributed by atoms with Crippen LogP contribution in [0.25, 0.3) is 0 Å². The first kappa shape index (κ1) is 21.3. The highest BCUT2D eigenvalue weighted by atomic mass is 35.5. The van der Waals surface area contributed by atoms with Crippen LogP contribution in [-0.4, -0.2) is 30.3 Å². The molecule has 4 rings (SSSR count). The third-order valence-corrected chi connectivity index (χ3v) is 5.14. The van der Waals surface area contributed by atoms with Gasteiger partial charge in [-0.3, -0.25) is 14.4 Å². The summed E-state index contributed by atoms with van der Waals surface area (Å²) in [4.78, 5) is 50.3. The van der Waals surface area contributed by atoms with Gasteiger partial charge in [-0.25, -0.2) is 9.69 Å². The van der Waals surface area contributed by atoms with E-state index >= 15 is 0 Å². The molecule has 0 spiro atoms. The van der Waals surface area contributed by atoms with Crippen LogP contribution < -0.4 is 10.2 Å². The highest BCUT2D eigenvalue weighted by Crippen LogP contribution is 2.28. The second-order valence-corrected chi connectivity index (χ2v) is 7.45. The molecule has 0 atom stereocenters. The van der Waals surface area contributed by atoms with Gasteiger partial charge in [0.1, 0.15) is 0 Å². The number of halogens is 1. The van der Waals surface area contributed by atoms with Crippen molar-refractivity contribution in [3.63, 3.8) is 0 Å². The Labute approximate surface area is 188 Å². The third-order valence-electron chi connectivity index (χ3n) is 4.89. The van der Waals surface area contributed by atoms with Crippen molar-refractivity contribution in [2.75, 3.05) is 11.5 Å². The van der Waals surface area contributed by atoms with E-state index in [1.807, 2.05) is 0 Å². The molecule has 0 saturated heterocycles. The van der Waals surface area contributed by atoms with E-state index in [1.54, 1.807) is 48.5 Å². The minimum atomic E-state index is -0.694. The molecule has 1 aliphatic rings. The Morgan fingerprint density at radius 1 is 0.844 bits per heavy atom. The molecule has 0 bridgehead atoms. The van der Waals surface area contributed by atoms with Gasteiger partial charge in [-0.15, -0.1) is 0 Å². The fourth-order valence-electron chi connectivity index (χ4n) is 3.24. The molecule has 0 aliphatic carbocycles. The summed E-state index contributed by atoms with van der Waals surface area (Å²) in [5.74, 6) is -1.98. The normalized spacial score (nSPS) is 12.5. The molecule has 32 heavy (non-hydrogen) atoms. The number of carbonyl (C=O) groups excluding carboxylic acids is 4. The Morgan fingerprint density at radius 3 is 2.03 bits per heavy atom.